The van der Waals surface area contributed by atoms with Crippen molar-refractivity contribution in [2.24, 2.45) is 5.92 Å². The molecule has 0 saturated heterocycles. The molecule has 1 aromatic rings. The topological polar surface area (TPSA) is 111 Å². The van der Waals surface area contributed by atoms with E-state index in [1.807, 2.05) is 19.9 Å². The van der Waals surface area contributed by atoms with Gasteiger partial charge in [0.05, 0.1) is 75.5 Å². The first-order chi connectivity index (χ1) is 22.5. The number of allylic oxidation sites excluding steroid dienone is 3. The lowest BCUT2D eigenvalue weighted by Crippen LogP contribution is -2.57. The summed E-state index contributed by atoms with van der Waals surface area (Å²) in [7, 11) is 63.0. The van der Waals surface area contributed by atoms with Gasteiger partial charge in [-0.1, -0.05) is 34.6 Å². The summed E-state index contributed by atoms with van der Waals surface area (Å²) in [4.78, 5) is 26.0. The molecule has 2 N–H and O–H groups in total. The number of aromatic hydroxyl groups is 1. The van der Waals surface area contributed by atoms with Crippen LogP contribution in [0.5, 0.6) is 11.5 Å². The second-order valence-corrected chi connectivity index (χ2v) is 15.4. The molecule has 0 fully saturated rings. The van der Waals surface area contributed by atoms with Crippen molar-refractivity contribution in [1.82, 2.24) is 5.09 Å². The summed E-state index contributed by atoms with van der Waals surface area (Å²) in [6, 6.07) is 0.867. The molecule has 1 aliphatic rings. The highest BCUT2D eigenvalue weighted by Crippen LogP contribution is 2.67. The van der Waals surface area contributed by atoms with Gasteiger partial charge in [0.25, 0.3) is 0 Å². The number of carbonyl (C=O) groups is 2. The molecule has 240 valence electrons. The standard InChI is InChI=1S/C30H35B11NO7P/c1-8-47-25(45)50(46,42-17(7)24(44)48-15(4)5)49-22-13-18(12-21(43)23(22)20-11-16(6)9-10-19(20)14(2)3)26(31,32)27(33,34)28(35,36)29(37,38)30(39,40)41/h11-13,15,17,19-20,43H,2,8-10H2,1,3-7H3,(H,42,46). The van der Waals surface area contributed by atoms with E-state index in [2.05, 4.69) is 11.7 Å². The zero-order valence-electron chi connectivity index (χ0n) is 29.6. The van der Waals surface area contributed by atoms with Crippen LogP contribution < -0.4 is 9.61 Å². The summed E-state index contributed by atoms with van der Waals surface area (Å²) in [5, 5.41) is 0.862. The minimum Gasteiger partial charge on any atom is -0.507 e. The van der Waals surface area contributed by atoms with Gasteiger partial charge in [-0.05, 0) is 72.4 Å². The molecule has 0 saturated carbocycles. The Morgan fingerprint density at radius 2 is 1.56 bits per heavy atom. The summed E-state index contributed by atoms with van der Waals surface area (Å²) >= 11 is 0. The van der Waals surface area contributed by atoms with E-state index in [0.717, 1.165) is 29.7 Å². The zero-order chi connectivity index (χ0) is 39.0. The quantitative estimate of drug-likeness (QED) is 0.127. The number of hydrogen-bond donors (Lipinski definition) is 2. The molecule has 1 aromatic carbocycles. The zero-order valence-corrected chi connectivity index (χ0v) is 30.5. The van der Waals surface area contributed by atoms with Gasteiger partial charge in [-0.2, -0.15) is 0 Å². The minimum absolute atomic E-state index is 0.0450. The van der Waals surface area contributed by atoms with Crippen LogP contribution in [0.25, 0.3) is 0 Å². The number of nitrogens with one attached hydrogen (secondary N) is 1. The molecule has 0 aromatic heterocycles. The van der Waals surface area contributed by atoms with Crippen molar-refractivity contribution >= 4 is 106 Å². The van der Waals surface area contributed by atoms with Gasteiger partial charge in [0.15, 0.2) is 0 Å². The maximum absolute atomic E-state index is 14.5. The predicted octanol–water partition coefficient (Wildman–Crippen LogP) is 2.49. The van der Waals surface area contributed by atoms with Gasteiger partial charge in [0, 0.05) is 35.0 Å². The SMILES string of the molecule is [B]C([B])([B])C([B])([B])C([B])([B])C([B])([B])C([B])([B])c1cc(O)c(C2C=C(C)CCC2C(=C)C)c(OP(=O)(NC(C)C(=O)OC(C)C)C(=O)OCC)c1. The van der Waals surface area contributed by atoms with E-state index in [0.29, 0.717) is 6.42 Å². The minimum atomic E-state index is -4.90. The van der Waals surface area contributed by atoms with Crippen molar-refractivity contribution < 1.29 is 33.3 Å². The molecule has 2 rings (SSSR count). The second-order valence-electron chi connectivity index (χ2n) is 13.5. The second kappa shape index (κ2) is 15.6. The van der Waals surface area contributed by atoms with Crippen molar-refractivity contribution in [2.75, 3.05) is 6.61 Å². The molecule has 0 heterocycles. The molecular weight excluding hydrogens is 636 g/mol. The van der Waals surface area contributed by atoms with Crippen molar-refractivity contribution in [3.8, 4) is 11.5 Å². The van der Waals surface area contributed by atoms with E-state index >= 15 is 0 Å². The molecule has 50 heavy (non-hydrogen) atoms. The van der Waals surface area contributed by atoms with Crippen molar-refractivity contribution in [1.29, 1.82) is 0 Å². The van der Waals surface area contributed by atoms with Gasteiger partial charge < -0.3 is 19.1 Å². The number of phenols is 1. The van der Waals surface area contributed by atoms with Gasteiger partial charge in [-0.3, -0.25) is 4.79 Å². The summed E-state index contributed by atoms with van der Waals surface area (Å²) in [6.45, 7) is 13.6. The summed E-state index contributed by atoms with van der Waals surface area (Å²) in [5.74, 6) is -2.67. The number of phenolic OH excluding ortho intramolecular Hbond substituents is 1. The first kappa shape index (κ1) is 44.3. The molecule has 22 radical (unpaired) electrons. The third-order valence-electron chi connectivity index (χ3n) is 8.89. The van der Waals surface area contributed by atoms with Crippen molar-refractivity contribution in [3.05, 3.63) is 47.1 Å². The molecule has 8 nitrogen and oxygen atoms in total. The number of hydrogen-bond acceptors (Lipinski definition) is 7. The highest BCUT2D eigenvalue weighted by molar-refractivity contribution is 7.74. The van der Waals surface area contributed by atoms with Crippen molar-refractivity contribution in [3.63, 3.8) is 0 Å². The van der Waals surface area contributed by atoms with Gasteiger partial charge in [-0.25, -0.2) is 14.4 Å². The maximum atomic E-state index is 14.5. The molecular formula is C30H35B11NO7P. The van der Waals surface area contributed by atoms with E-state index in [4.69, 9.17) is 100 Å². The van der Waals surface area contributed by atoms with E-state index in [9.17, 15) is 19.3 Å². The normalized spacial score (nSPS) is 19.5. The average Bonchev–Trinajstić information content (AvgIpc) is 2.95. The third kappa shape index (κ3) is 8.67. The fraction of sp³-hybridized carbons (Fsp3) is 0.600. The Hall–Kier alpha value is -1.86. The van der Waals surface area contributed by atoms with Crippen LogP contribution in [0.15, 0.2) is 35.9 Å². The van der Waals surface area contributed by atoms with Crippen LogP contribution in [0, 0.1) is 5.92 Å². The number of ether oxygens (including phenoxy) is 2. The third-order valence-corrected chi connectivity index (χ3v) is 10.7. The summed E-state index contributed by atoms with van der Waals surface area (Å²) < 4.78 is 30.8. The maximum Gasteiger partial charge on any atom is 0.424 e. The highest BCUT2D eigenvalue weighted by atomic mass is 31.2. The van der Waals surface area contributed by atoms with Crippen LogP contribution in [0.4, 0.5) is 4.79 Å². The monoisotopic (exact) mass is 673 g/mol. The van der Waals surface area contributed by atoms with Gasteiger partial charge in [0.1, 0.15) is 17.5 Å². The Bertz CT molecular complexity index is 1540. The Kier molecular flexibility index (Phi) is 13.8. The summed E-state index contributed by atoms with van der Waals surface area (Å²) in [5.41, 5.74) is 0.0728. The van der Waals surface area contributed by atoms with Gasteiger partial charge in [-0.15, -0.1) is 20.8 Å². The number of esters is 1. The van der Waals surface area contributed by atoms with E-state index in [-0.39, 0.29) is 23.7 Å². The number of benzene rings is 1. The van der Waals surface area contributed by atoms with Crippen LogP contribution in [-0.2, 0) is 24.0 Å². The Balaban J connectivity index is 2.99. The highest BCUT2D eigenvalue weighted by Gasteiger charge is 2.54. The molecule has 4 atom stereocenters. The van der Waals surface area contributed by atoms with Crippen LogP contribution in [-0.4, -0.2) is 122 Å². The Labute approximate surface area is 312 Å². The Morgan fingerprint density at radius 3 is 2.04 bits per heavy atom. The van der Waals surface area contributed by atoms with Gasteiger partial charge in [0.2, 0.25) is 0 Å². The van der Waals surface area contributed by atoms with Crippen LogP contribution >= 0.6 is 7.52 Å². The van der Waals surface area contributed by atoms with E-state index < -0.39 is 74.7 Å². The van der Waals surface area contributed by atoms with Gasteiger partial charge >= 0.3 is 19.2 Å². The fourth-order valence-corrected chi connectivity index (χ4v) is 7.13. The fourth-order valence-electron chi connectivity index (χ4n) is 5.55. The van der Waals surface area contributed by atoms with Crippen LogP contribution in [0.1, 0.15) is 71.4 Å². The van der Waals surface area contributed by atoms with Crippen LogP contribution in [0.3, 0.4) is 0 Å². The van der Waals surface area contributed by atoms with Crippen molar-refractivity contribution in [2.45, 2.75) is 98.4 Å². The molecule has 4 unspecified atom stereocenters. The molecule has 0 spiro atoms. The lowest BCUT2D eigenvalue weighted by Gasteiger charge is -2.67. The molecule has 0 amide bonds. The number of rotatable bonds is 15. The smallest absolute Gasteiger partial charge is 0.424 e. The average molecular weight is 672 g/mol. The lowest BCUT2D eigenvalue weighted by molar-refractivity contribution is -0.149. The summed E-state index contributed by atoms with van der Waals surface area (Å²) in [6.07, 6.45) is 2.68. The first-order valence-electron chi connectivity index (χ1n) is 15.8. The first-order valence-corrected chi connectivity index (χ1v) is 17.5. The van der Waals surface area contributed by atoms with E-state index in [1.54, 1.807) is 13.8 Å². The lowest BCUT2D eigenvalue weighted by atomic mass is 9.05. The Morgan fingerprint density at radius 1 is 1.00 bits per heavy atom. The molecule has 20 heteroatoms. The van der Waals surface area contributed by atoms with Crippen LogP contribution in [0.2, 0.25) is 20.8 Å². The molecule has 0 aliphatic heterocycles. The predicted molar refractivity (Wildman–Crippen MR) is 207 cm³/mol. The largest absolute Gasteiger partial charge is 0.507 e. The van der Waals surface area contributed by atoms with E-state index in [1.165, 1.54) is 13.8 Å². The molecule has 0 bridgehead atoms. The molecule has 1 aliphatic carbocycles. The number of carbonyl (C=O) groups excluding carboxylic acids is 2.